The maximum atomic E-state index is 13.8. The molecule has 3 aliphatic rings. The summed E-state index contributed by atoms with van der Waals surface area (Å²) in [6, 6.07) is 16.2. The molecule has 3 fully saturated rings. The van der Waals surface area contributed by atoms with Crippen LogP contribution in [0.4, 0.5) is 0 Å². The van der Waals surface area contributed by atoms with Gasteiger partial charge in [0.15, 0.2) is 28.2 Å². The van der Waals surface area contributed by atoms with Crippen molar-refractivity contribution < 1.29 is 55.8 Å². The number of ether oxygens (including phenoxy) is 10. The van der Waals surface area contributed by atoms with Gasteiger partial charge in [-0.2, -0.15) is 0 Å². The number of rotatable bonds is 12. The SMILES string of the molecule is COC1C(OCc2ccccc2)OC(CS(=O)(=O)c2ccc(C)cc2)C(OC2OC3COC(C)(C)OC3C(OC)C2OC)C1OC. The zero-order valence-corrected chi connectivity index (χ0v) is 28.2. The molecule has 3 heterocycles. The average molecular weight is 667 g/mol. The molecule has 0 spiro atoms. The van der Waals surface area contributed by atoms with Crippen LogP contribution in [0.25, 0.3) is 0 Å². The zero-order valence-electron chi connectivity index (χ0n) is 27.4. The fraction of sp³-hybridized carbons (Fsp3) is 0.636. The Kier molecular flexibility index (Phi) is 11.5. The molecule has 3 saturated heterocycles. The van der Waals surface area contributed by atoms with Crippen molar-refractivity contribution in [2.24, 2.45) is 0 Å². The molecule has 0 aliphatic carbocycles. The number of benzene rings is 2. The predicted molar refractivity (Wildman–Crippen MR) is 165 cm³/mol. The Hall–Kier alpha value is -2.01. The van der Waals surface area contributed by atoms with Gasteiger partial charge in [0.05, 0.1) is 23.9 Å². The van der Waals surface area contributed by atoms with Crippen LogP contribution in [0.2, 0.25) is 0 Å². The van der Waals surface area contributed by atoms with E-state index in [-0.39, 0.29) is 18.1 Å². The molecule has 0 amide bonds. The van der Waals surface area contributed by atoms with Crippen molar-refractivity contribution >= 4 is 9.84 Å². The Labute approximate surface area is 271 Å². The van der Waals surface area contributed by atoms with E-state index in [4.69, 9.17) is 47.4 Å². The summed E-state index contributed by atoms with van der Waals surface area (Å²) in [5.74, 6) is -1.27. The summed E-state index contributed by atoms with van der Waals surface area (Å²) >= 11 is 0. The Bertz CT molecular complexity index is 1350. The number of sulfone groups is 1. The molecule has 12 nitrogen and oxygen atoms in total. The zero-order chi connectivity index (χ0) is 33.1. The molecule has 2 aromatic rings. The van der Waals surface area contributed by atoms with Gasteiger partial charge in [0.2, 0.25) is 0 Å². The van der Waals surface area contributed by atoms with E-state index in [1.807, 2.05) is 51.1 Å². The van der Waals surface area contributed by atoms with Crippen LogP contribution in [0.1, 0.15) is 25.0 Å². The number of aryl methyl sites for hydroxylation is 1. The van der Waals surface area contributed by atoms with Crippen molar-refractivity contribution in [3.8, 4) is 0 Å². The van der Waals surface area contributed by atoms with E-state index in [1.165, 1.54) is 21.3 Å². The van der Waals surface area contributed by atoms with E-state index < -0.39 is 82.8 Å². The normalized spacial score (nSPS) is 34.6. The molecule has 0 N–H and O–H groups in total. The van der Waals surface area contributed by atoms with Crippen LogP contribution in [0, 0.1) is 6.92 Å². The lowest BCUT2D eigenvalue weighted by Crippen LogP contribution is -2.68. The Balaban J connectivity index is 1.46. The second kappa shape index (κ2) is 15.0. The lowest BCUT2D eigenvalue weighted by atomic mass is 9.95. The summed E-state index contributed by atoms with van der Waals surface area (Å²) in [6.07, 6.45) is -8.04. The molecule has 3 aliphatic heterocycles. The molecule has 0 saturated carbocycles. The van der Waals surface area contributed by atoms with Crippen LogP contribution in [-0.2, 0) is 63.8 Å². The van der Waals surface area contributed by atoms with E-state index in [9.17, 15) is 8.42 Å². The van der Waals surface area contributed by atoms with E-state index in [0.29, 0.717) is 0 Å². The topological polar surface area (TPSA) is 126 Å². The van der Waals surface area contributed by atoms with Crippen molar-refractivity contribution in [2.45, 2.75) is 99.5 Å². The predicted octanol–water partition coefficient (Wildman–Crippen LogP) is 3.03. The minimum absolute atomic E-state index is 0.162. The number of fused-ring (bicyclic) bond motifs is 1. The highest BCUT2D eigenvalue weighted by molar-refractivity contribution is 7.91. The lowest BCUT2D eigenvalue weighted by Gasteiger charge is -2.52. The molecular formula is C33H46O12S. The maximum Gasteiger partial charge on any atom is 0.187 e. The summed E-state index contributed by atoms with van der Waals surface area (Å²) in [6.45, 7) is 5.97. The fourth-order valence-electron chi connectivity index (χ4n) is 6.22. The molecule has 2 aromatic carbocycles. The van der Waals surface area contributed by atoms with Crippen LogP contribution in [0.5, 0.6) is 0 Å². The molecule has 256 valence electrons. The summed E-state index contributed by atoms with van der Waals surface area (Å²) in [5.41, 5.74) is 1.85. The lowest BCUT2D eigenvalue weighted by molar-refractivity contribution is -0.401. The van der Waals surface area contributed by atoms with Crippen molar-refractivity contribution in [3.05, 3.63) is 65.7 Å². The van der Waals surface area contributed by atoms with Crippen LogP contribution in [-0.4, -0.2) is 116 Å². The molecule has 5 rings (SSSR count). The minimum atomic E-state index is -3.86. The first-order valence-corrected chi connectivity index (χ1v) is 17.0. The van der Waals surface area contributed by atoms with Crippen molar-refractivity contribution in [1.29, 1.82) is 0 Å². The van der Waals surface area contributed by atoms with Gasteiger partial charge >= 0.3 is 0 Å². The highest BCUT2D eigenvalue weighted by atomic mass is 32.2. The first-order valence-electron chi connectivity index (χ1n) is 15.3. The maximum absolute atomic E-state index is 13.8. The van der Waals surface area contributed by atoms with Crippen LogP contribution in [0.3, 0.4) is 0 Å². The van der Waals surface area contributed by atoms with Gasteiger partial charge in [-0.25, -0.2) is 8.42 Å². The molecule has 0 aromatic heterocycles. The number of hydrogen-bond acceptors (Lipinski definition) is 12. The van der Waals surface area contributed by atoms with E-state index in [1.54, 1.807) is 31.4 Å². The summed E-state index contributed by atoms with van der Waals surface area (Å²) < 4.78 is 88.8. The first kappa shape index (κ1) is 35.3. The summed E-state index contributed by atoms with van der Waals surface area (Å²) in [4.78, 5) is 0.162. The molecule has 10 atom stereocenters. The second-order valence-electron chi connectivity index (χ2n) is 12.2. The first-order chi connectivity index (χ1) is 22.0. The molecule has 0 radical (unpaired) electrons. The van der Waals surface area contributed by atoms with Gasteiger partial charge in [-0.3, -0.25) is 0 Å². The van der Waals surface area contributed by atoms with Crippen LogP contribution >= 0.6 is 0 Å². The van der Waals surface area contributed by atoms with Gasteiger partial charge in [-0.1, -0.05) is 48.0 Å². The summed E-state index contributed by atoms with van der Waals surface area (Å²) in [5, 5.41) is 0. The van der Waals surface area contributed by atoms with Crippen molar-refractivity contribution in [2.75, 3.05) is 40.8 Å². The molecule has 13 heteroatoms. The molecular weight excluding hydrogens is 620 g/mol. The fourth-order valence-corrected chi connectivity index (χ4v) is 7.66. The van der Waals surface area contributed by atoms with Crippen molar-refractivity contribution in [1.82, 2.24) is 0 Å². The second-order valence-corrected chi connectivity index (χ2v) is 14.2. The van der Waals surface area contributed by atoms with Crippen LogP contribution < -0.4 is 0 Å². The quantitative estimate of drug-likeness (QED) is 0.331. The number of hydrogen-bond donors (Lipinski definition) is 0. The third kappa shape index (κ3) is 7.82. The Morgan fingerprint density at radius 3 is 2.04 bits per heavy atom. The molecule has 10 unspecified atom stereocenters. The van der Waals surface area contributed by atoms with Gasteiger partial charge in [-0.15, -0.1) is 0 Å². The summed E-state index contributed by atoms with van der Waals surface area (Å²) in [7, 11) is 2.25. The molecule has 46 heavy (non-hydrogen) atoms. The van der Waals surface area contributed by atoms with E-state index in [0.717, 1.165) is 11.1 Å². The van der Waals surface area contributed by atoms with Gasteiger partial charge in [0.1, 0.15) is 48.8 Å². The van der Waals surface area contributed by atoms with E-state index >= 15 is 0 Å². The van der Waals surface area contributed by atoms with Gasteiger partial charge in [0, 0.05) is 28.4 Å². The standard InChI is InChI=1S/C33H46O12S/c1-20-13-15-22(16-14-20)46(34,35)19-24-25(27(36-4)29(38-6)31(43-24)40-17-21-11-9-8-10-12-21)44-32-30(39-7)28(37-5)26-23(42-32)18-41-33(2,3)45-26/h8-16,23-32H,17-19H2,1-7H3. The van der Waals surface area contributed by atoms with E-state index in [2.05, 4.69) is 0 Å². The third-order valence-corrected chi connectivity index (χ3v) is 10.4. The molecule has 0 bridgehead atoms. The highest BCUT2D eigenvalue weighted by Gasteiger charge is 2.56. The Morgan fingerprint density at radius 2 is 1.41 bits per heavy atom. The third-order valence-electron chi connectivity index (χ3n) is 8.60. The minimum Gasteiger partial charge on any atom is -0.376 e. The monoisotopic (exact) mass is 666 g/mol. The van der Waals surface area contributed by atoms with Gasteiger partial charge in [0.25, 0.3) is 0 Å². The number of methoxy groups -OCH3 is 4. The Morgan fingerprint density at radius 1 is 0.783 bits per heavy atom. The highest BCUT2D eigenvalue weighted by Crippen LogP contribution is 2.38. The largest absolute Gasteiger partial charge is 0.376 e. The van der Waals surface area contributed by atoms with Crippen molar-refractivity contribution in [3.63, 3.8) is 0 Å². The average Bonchev–Trinajstić information content (AvgIpc) is 3.04. The van der Waals surface area contributed by atoms with Gasteiger partial charge in [-0.05, 0) is 38.5 Å². The van der Waals surface area contributed by atoms with Gasteiger partial charge < -0.3 is 47.4 Å². The van der Waals surface area contributed by atoms with Crippen LogP contribution in [0.15, 0.2) is 59.5 Å². The smallest absolute Gasteiger partial charge is 0.187 e.